The second kappa shape index (κ2) is 8.55. The fourth-order valence-corrected chi connectivity index (χ4v) is 1.42. The summed E-state index contributed by atoms with van der Waals surface area (Å²) >= 11 is 0. The molecule has 0 unspecified atom stereocenters. The first kappa shape index (κ1) is 11.0. The van der Waals surface area contributed by atoms with Crippen LogP contribution in [0.5, 0.6) is 0 Å². The minimum atomic E-state index is 1.05. The molecule has 0 amide bonds. The van der Waals surface area contributed by atoms with Crippen LogP contribution in [0, 0.1) is 0 Å². The van der Waals surface area contributed by atoms with Crippen LogP contribution in [0.15, 0.2) is 48.6 Å². The van der Waals surface area contributed by atoms with E-state index in [4.69, 9.17) is 0 Å². The quantitative estimate of drug-likeness (QED) is 0.489. The molecule has 0 aromatic carbocycles. The van der Waals surface area contributed by atoms with Gasteiger partial charge in [-0.25, -0.2) is 0 Å². The lowest BCUT2D eigenvalue weighted by molar-refractivity contribution is 0.761. The van der Waals surface area contributed by atoms with Crippen molar-refractivity contribution in [2.75, 3.05) is 0 Å². The van der Waals surface area contributed by atoms with E-state index in [9.17, 15) is 0 Å². The van der Waals surface area contributed by atoms with Crippen LogP contribution < -0.4 is 0 Å². The Morgan fingerprint density at radius 1 is 0.500 bits per heavy atom. The average molecular weight is 188 g/mol. The number of allylic oxidation sites excluding steroid dienone is 8. The van der Waals surface area contributed by atoms with Crippen molar-refractivity contribution in [2.24, 2.45) is 0 Å². The lowest BCUT2D eigenvalue weighted by Crippen LogP contribution is -1.72. The highest BCUT2D eigenvalue weighted by atomic mass is 13.9. The van der Waals surface area contributed by atoms with Crippen LogP contribution in [-0.2, 0) is 0 Å². The Kier molecular flexibility index (Phi) is 6.74. The van der Waals surface area contributed by atoms with Crippen molar-refractivity contribution < 1.29 is 0 Å². The van der Waals surface area contributed by atoms with Gasteiger partial charge in [-0.15, -0.1) is 0 Å². The third-order valence-electron chi connectivity index (χ3n) is 2.25. The molecule has 76 valence electrons. The SMILES string of the molecule is C1=CC/C=C/CCCC/C=C\C=C\C1. The van der Waals surface area contributed by atoms with E-state index in [2.05, 4.69) is 48.6 Å². The zero-order valence-electron chi connectivity index (χ0n) is 8.86. The topological polar surface area (TPSA) is 0 Å². The molecular weight excluding hydrogens is 168 g/mol. The summed E-state index contributed by atoms with van der Waals surface area (Å²) in [5.41, 5.74) is 0. The molecule has 0 bridgehead atoms. The highest BCUT2D eigenvalue weighted by Crippen LogP contribution is 2.03. The molecule has 0 nitrogen and oxygen atoms in total. The summed E-state index contributed by atoms with van der Waals surface area (Å²) in [4.78, 5) is 0. The molecular formula is C14H20. The predicted molar refractivity (Wildman–Crippen MR) is 64.3 cm³/mol. The zero-order chi connectivity index (χ0) is 9.90. The molecule has 0 fully saturated rings. The van der Waals surface area contributed by atoms with Crippen LogP contribution in [-0.4, -0.2) is 0 Å². The maximum Gasteiger partial charge on any atom is -0.0166 e. The Morgan fingerprint density at radius 3 is 1.93 bits per heavy atom. The van der Waals surface area contributed by atoms with E-state index in [-0.39, 0.29) is 0 Å². The number of hydrogen-bond acceptors (Lipinski definition) is 0. The van der Waals surface area contributed by atoms with Crippen LogP contribution in [0.25, 0.3) is 0 Å². The fraction of sp³-hybridized carbons (Fsp3) is 0.429. The van der Waals surface area contributed by atoms with Crippen LogP contribution in [0.1, 0.15) is 38.5 Å². The third-order valence-corrected chi connectivity index (χ3v) is 2.25. The van der Waals surface area contributed by atoms with Gasteiger partial charge in [0.1, 0.15) is 0 Å². The van der Waals surface area contributed by atoms with E-state index < -0.39 is 0 Å². The molecule has 0 aliphatic heterocycles. The zero-order valence-corrected chi connectivity index (χ0v) is 8.86. The maximum atomic E-state index is 2.30. The van der Waals surface area contributed by atoms with Gasteiger partial charge in [0.05, 0.1) is 0 Å². The lowest BCUT2D eigenvalue weighted by atomic mass is 10.1. The summed E-state index contributed by atoms with van der Waals surface area (Å²) in [5, 5.41) is 0. The largest absolute Gasteiger partial charge is 0.0882 e. The maximum absolute atomic E-state index is 2.30. The van der Waals surface area contributed by atoms with E-state index >= 15 is 0 Å². The molecule has 0 heterocycles. The minimum absolute atomic E-state index is 1.05. The van der Waals surface area contributed by atoms with E-state index in [0.29, 0.717) is 0 Å². The molecule has 0 N–H and O–H groups in total. The molecule has 0 saturated heterocycles. The van der Waals surface area contributed by atoms with Gasteiger partial charge in [0, 0.05) is 0 Å². The van der Waals surface area contributed by atoms with Gasteiger partial charge in [0.25, 0.3) is 0 Å². The Hall–Kier alpha value is -1.04. The number of rotatable bonds is 0. The van der Waals surface area contributed by atoms with Crippen molar-refractivity contribution in [3.63, 3.8) is 0 Å². The van der Waals surface area contributed by atoms with Gasteiger partial charge >= 0.3 is 0 Å². The standard InChI is InChI=1S/C14H20/c1-2-4-6-8-10-12-14-13-11-9-7-5-3-1/h1-4,7,9,13-14H,5-6,8,10-12H2/b3-1+,4-2-,9-7?,14-13+. The summed E-state index contributed by atoms with van der Waals surface area (Å²) in [6.45, 7) is 0. The van der Waals surface area contributed by atoms with Gasteiger partial charge in [0.2, 0.25) is 0 Å². The molecule has 0 heteroatoms. The second-order valence-corrected chi connectivity index (χ2v) is 3.55. The first-order valence-corrected chi connectivity index (χ1v) is 5.62. The van der Waals surface area contributed by atoms with Gasteiger partial charge in [-0.2, -0.15) is 0 Å². The molecule has 1 rings (SSSR count). The fourth-order valence-electron chi connectivity index (χ4n) is 1.42. The van der Waals surface area contributed by atoms with Crippen LogP contribution >= 0.6 is 0 Å². The molecule has 14 heavy (non-hydrogen) atoms. The lowest BCUT2D eigenvalue weighted by Gasteiger charge is -1.93. The van der Waals surface area contributed by atoms with Crippen molar-refractivity contribution in [3.8, 4) is 0 Å². The van der Waals surface area contributed by atoms with Crippen LogP contribution in [0.3, 0.4) is 0 Å². The van der Waals surface area contributed by atoms with Crippen LogP contribution in [0.2, 0.25) is 0 Å². The Labute approximate surface area is 87.7 Å². The van der Waals surface area contributed by atoms with E-state index in [1.807, 2.05) is 0 Å². The minimum Gasteiger partial charge on any atom is -0.0882 e. The Bertz CT molecular complexity index is 228. The smallest absolute Gasteiger partial charge is 0.0166 e. The molecule has 0 saturated carbocycles. The van der Waals surface area contributed by atoms with Gasteiger partial charge < -0.3 is 0 Å². The van der Waals surface area contributed by atoms with Gasteiger partial charge in [-0.1, -0.05) is 48.6 Å². The predicted octanol–water partition coefficient (Wildman–Crippen LogP) is 4.57. The van der Waals surface area contributed by atoms with Gasteiger partial charge in [-0.3, -0.25) is 0 Å². The van der Waals surface area contributed by atoms with E-state index in [0.717, 1.165) is 12.8 Å². The monoisotopic (exact) mass is 188 g/mol. The second-order valence-electron chi connectivity index (χ2n) is 3.55. The molecule has 0 aromatic rings. The summed E-state index contributed by atoms with van der Waals surface area (Å²) in [6.07, 6.45) is 25.0. The molecule has 1 aliphatic carbocycles. The van der Waals surface area contributed by atoms with Crippen LogP contribution in [0.4, 0.5) is 0 Å². The van der Waals surface area contributed by atoms with Crippen molar-refractivity contribution in [2.45, 2.75) is 38.5 Å². The van der Waals surface area contributed by atoms with Crippen molar-refractivity contribution >= 4 is 0 Å². The van der Waals surface area contributed by atoms with Gasteiger partial charge in [-0.05, 0) is 38.5 Å². The highest BCUT2D eigenvalue weighted by molar-refractivity contribution is 5.05. The van der Waals surface area contributed by atoms with Crippen molar-refractivity contribution in [1.29, 1.82) is 0 Å². The van der Waals surface area contributed by atoms with Gasteiger partial charge in [0.15, 0.2) is 0 Å². The average Bonchev–Trinajstić information content (AvgIpc) is 2.22. The van der Waals surface area contributed by atoms with E-state index in [1.54, 1.807) is 0 Å². The normalized spacial score (nSPS) is 26.3. The summed E-state index contributed by atoms with van der Waals surface area (Å²) in [5.74, 6) is 0. The number of hydrogen-bond donors (Lipinski definition) is 0. The third kappa shape index (κ3) is 6.47. The molecule has 0 aromatic heterocycles. The molecule has 1 aliphatic rings. The first-order chi connectivity index (χ1) is 7.00. The summed E-state index contributed by atoms with van der Waals surface area (Å²) in [7, 11) is 0. The highest BCUT2D eigenvalue weighted by Gasteiger charge is 1.83. The Balaban J connectivity index is 2.35. The molecule has 0 atom stereocenters. The summed E-state index contributed by atoms with van der Waals surface area (Å²) < 4.78 is 0. The molecule has 0 spiro atoms. The van der Waals surface area contributed by atoms with Crippen molar-refractivity contribution in [1.82, 2.24) is 0 Å². The van der Waals surface area contributed by atoms with Crippen molar-refractivity contribution in [3.05, 3.63) is 48.6 Å². The summed E-state index contributed by atoms with van der Waals surface area (Å²) in [6, 6.07) is 0. The Morgan fingerprint density at radius 2 is 1.07 bits per heavy atom. The van der Waals surface area contributed by atoms with E-state index in [1.165, 1.54) is 25.7 Å². The molecule has 0 radical (unpaired) electrons. The first-order valence-electron chi connectivity index (χ1n) is 5.62.